The van der Waals surface area contributed by atoms with E-state index in [2.05, 4.69) is 15.0 Å². The van der Waals surface area contributed by atoms with Crippen LogP contribution in [0.25, 0.3) is 11.4 Å². The Morgan fingerprint density at radius 1 is 1.46 bits per heavy atom. The third-order valence-electron chi connectivity index (χ3n) is 4.07. The number of piperidine rings is 1. The number of ether oxygens (including phenoxy) is 1. The van der Waals surface area contributed by atoms with Crippen LogP contribution in [0.1, 0.15) is 25.7 Å². The lowest BCUT2D eigenvalue weighted by Gasteiger charge is -2.30. The predicted molar refractivity (Wildman–Crippen MR) is 89.4 cm³/mol. The normalized spacial score (nSPS) is 18.5. The first-order valence-electron chi connectivity index (χ1n) is 8.14. The highest BCUT2D eigenvalue weighted by Crippen LogP contribution is 2.25. The number of nitrogens with zero attached hydrogens (tertiary/aromatic N) is 3. The maximum Gasteiger partial charge on any atom is 0.310 e. The molecule has 6 nitrogen and oxygen atoms in total. The molecular formula is C17H20ClN3O3. The molecule has 2 aromatic rings. The van der Waals surface area contributed by atoms with Gasteiger partial charge in [-0.1, -0.05) is 28.9 Å². The van der Waals surface area contributed by atoms with Gasteiger partial charge in [0, 0.05) is 12.1 Å². The van der Waals surface area contributed by atoms with Crippen LogP contribution in [0.15, 0.2) is 28.8 Å². The summed E-state index contributed by atoms with van der Waals surface area (Å²) in [4.78, 5) is 18.5. The summed E-state index contributed by atoms with van der Waals surface area (Å²) in [5.74, 6) is 0.804. The maximum atomic E-state index is 11.9. The molecule has 7 heteroatoms. The number of likely N-dealkylation sites (tertiary alicyclic amines) is 1. The van der Waals surface area contributed by atoms with Crippen molar-refractivity contribution in [3.8, 4) is 11.4 Å². The fourth-order valence-electron chi connectivity index (χ4n) is 2.91. The third kappa shape index (κ3) is 3.94. The Balaban J connectivity index is 1.64. The number of carbonyl (C=O) groups excluding carboxylic acids is 1. The topological polar surface area (TPSA) is 68.5 Å². The second kappa shape index (κ2) is 7.77. The number of carbonyl (C=O) groups is 1. The van der Waals surface area contributed by atoms with E-state index in [9.17, 15) is 4.79 Å². The van der Waals surface area contributed by atoms with Gasteiger partial charge < -0.3 is 9.26 Å². The van der Waals surface area contributed by atoms with Crippen LogP contribution in [0.2, 0.25) is 5.02 Å². The molecule has 0 bridgehead atoms. The Morgan fingerprint density at radius 3 is 3.08 bits per heavy atom. The van der Waals surface area contributed by atoms with Crippen molar-refractivity contribution < 1.29 is 14.1 Å². The number of rotatable bonds is 5. The number of hydrogen-bond acceptors (Lipinski definition) is 6. The minimum Gasteiger partial charge on any atom is -0.466 e. The first-order chi connectivity index (χ1) is 11.7. The molecule has 0 spiro atoms. The van der Waals surface area contributed by atoms with Gasteiger partial charge >= 0.3 is 5.97 Å². The Hall–Kier alpha value is -1.92. The van der Waals surface area contributed by atoms with Gasteiger partial charge in [0.05, 0.1) is 24.1 Å². The molecule has 3 rings (SSSR count). The molecule has 0 saturated carbocycles. The van der Waals surface area contributed by atoms with Crippen LogP contribution in [0.5, 0.6) is 0 Å². The van der Waals surface area contributed by atoms with E-state index in [-0.39, 0.29) is 11.9 Å². The number of halogens is 1. The molecule has 1 atom stereocenters. The van der Waals surface area contributed by atoms with Gasteiger partial charge in [0.25, 0.3) is 0 Å². The average molecular weight is 350 g/mol. The SMILES string of the molecule is CCOC(=O)C1CCCN(Cc2nc(-c3ccccc3Cl)no2)C1. The fraction of sp³-hybridized carbons (Fsp3) is 0.471. The summed E-state index contributed by atoms with van der Waals surface area (Å²) in [6.07, 6.45) is 1.82. The zero-order valence-corrected chi connectivity index (χ0v) is 14.3. The number of aromatic nitrogens is 2. The predicted octanol–water partition coefficient (Wildman–Crippen LogP) is 3.17. The highest BCUT2D eigenvalue weighted by molar-refractivity contribution is 6.33. The summed E-state index contributed by atoms with van der Waals surface area (Å²) in [5, 5.41) is 4.60. The van der Waals surface area contributed by atoms with Crippen molar-refractivity contribution in [1.82, 2.24) is 15.0 Å². The van der Waals surface area contributed by atoms with Crippen molar-refractivity contribution in [1.29, 1.82) is 0 Å². The van der Waals surface area contributed by atoms with Gasteiger partial charge in [-0.2, -0.15) is 4.98 Å². The van der Waals surface area contributed by atoms with Crippen molar-refractivity contribution in [3.05, 3.63) is 35.2 Å². The minimum atomic E-state index is -0.121. The third-order valence-corrected chi connectivity index (χ3v) is 4.40. The van der Waals surface area contributed by atoms with Crippen LogP contribution in [0, 0.1) is 5.92 Å². The van der Waals surface area contributed by atoms with Crippen LogP contribution in [0.3, 0.4) is 0 Å². The Bertz CT molecular complexity index is 704. The second-order valence-corrected chi connectivity index (χ2v) is 6.23. The van der Waals surface area contributed by atoms with Gasteiger partial charge in [-0.15, -0.1) is 0 Å². The number of hydrogen-bond donors (Lipinski definition) is 0. The summed E-state index contributed by atoms with van der Waals surface area (Å²) >= 11 is 6.16. The molecule has 2 heterocycles. The lowest BCUT2D eigenvalue weighted by atomic mass is 9.98. The standard InChI is InChI=1S/C17H20ClN3O3/c1-2-23-17(22)12-6-5-9-21(10-12)11-15-19-16(20-24-15)13-7-3-4-8-14(13)18/h3-4,7-8,12H,2,5-6,9-11H2,1H3. The van der Waals surface area contributed by atoms with Gasteiger partial charge in [-0.3, -0.25) is 9.69 Å². The van der Waals surface area contributed by atoms with Gasteiger partial charge in [0.15, 0.2) is 0 Å². The van der Waals surface area contributed by atoms with E-state index in [1.807, 2.05) is 25.1 Å². The largest absolute Gasteiger partial charge is 0.466 e. The molecule has 1 aromatic carbocycles. The molecule has 1 saturated heterocycles. The molecule has 1 unspecified atom stereocenters. The molecule has 1 aliphatic heterocycles. The molecule has 0 amide bonds. The van der Waals surface area contributed by atoms with Crippen molar-refractivity contribution in [2.24, 2.45) is 5.92 Å². The maximum absolute atomic E-state index is 11.9. The molecule has 1 aromatic heterocycles. The van der Waals surface area contributed by atoms with Gasteiger partial charge in [0.1, 0.15) is 0 Å². The molecule has 0 N–H and O–H groups in total. The lowest BCUT2D eigenvalue weighted by molar-refractivity contribution is -0.150. The lowest BCUT2D eigenvalue weighted by Crippen LogP contribution is -2.39. The zero-order chi connectivity index (χ0) is 16.9. The molecular weight excluding hydrogens is 330 g/mol. The van der Waals surface area contributed by atoms with E-state index in [1.54, 1.807) is 6.07 Å². The van der Waals surface area contributed by atoms with E-state index >= 15 is 0 Å². The van der Waals surface area contributed by atoms with Gasteiger partial charge in [-0.05, 0) is 38.4 Å². The van der Waals surface area contributed by atoms with Crippen molar-refractivity contribution in [2.45, 2.75) is 26.3 Å². The Morgan fingerprint density at radius 2 is 2.29 bits per heavy atom. The zero-order valence-electron chi connectivity index (χ0n) is 13.6. The first-order valence-corrected chi connectivity index (χ1v) is 8.51. The van der Waals surface area contributed by atoms with E-state index in [1.165, 1.54) is 0 Å². The minimum absolute atomic E-state index is 0.0790. The smallest absolute Gasteiger partial charge is 0.310 e. The van der Waals surface area contributed by atoms with E-state index in [0.29, 0.717) is 36.4 Å². The monoisotopic (exact) mass is 349 g/mol. The van der Waals surface area contributed by atoms with Crippen LogP contribution in [-0.4, -0.2) is 40.7 Å². The van der Waals surface area contributed by atoms with Crippen LogP contribution < -0.4 is 0 Å². The number of benzene rings is 1. The fourth-order valence-corrected chi connectivity index (χ4v) is 3.13. The molecule has 1 aliphatic rings. The highest BCUT2D eigenvalue weighted by atomic mass is 35.5. The van der Waals surface area contributed by atoms with Crippen LogP contribution >= 0.6 is 11.6 Å². The molecule has 128 valence electrons. The highest BCUT2D eigenvalue weighted by Gasteiger charge is 2.27. The summed E-state index contributed by atoms with van der Waals surface area (Å²) in [5.41, 5.74) is 0.747. The van der Waals surface area contributed by atoms with Crippen LogP contribution in [0.4, 0.5) is 0 Å². The van der Waals surface area contributed by atoms with Crippen molar-refractivity contribution >= 4 is 17.6 Å². The molecule has 0 aliphatic carbocycles. The number of esters is 1. The van der Waals surface area contributed by atoms with Crippen molar-refractivity contribution in [3.63, 3.8) is 0 Å². The Kier molecular flexibility index (Phi) is 5.48. The summed E-state index contributed by atoms with van der Waals surface area (Å²) < 4.78 is 10.5. The summed E-state index contributed by atoms with van der Waals surface area (Å²) in [7, 11) is 0. The van der Waals surface area contributed by atoms with Gasteiger partial charge in [0.2, 0.25) is 11.7 Å². The van der Waals surface area contributed by atoms with E-state index in [4.69, 9.17) is 20.9 Å². The average Bonchev–Trinajstić information content (AvgIpc) is 3.04. The van der Waals surface area contributed by atoms with Gasteiger partial charge in [-0.25, -0.2) is 0 Å². The summed E-state index contributed by atoms with van der Waals surface area (Å²) in [6.45, 7) is 4.32. The van der Waals surface area contributed by atoms with E-state index < -0.39 is 0 Å². The van der Waals surface area contributed by atoms with E-state index in [0.717, 1.165) is 24.9 Å². The second-order valence-electron chi connectivity index (χ2n) is 5.82. The molecule has 0 radical (unpaired) electrons. The molecule has 24 heavy (non-hydrogen) atoms. The Labute approximate surface area is 145 Å². The quantitative estimate of drug-likeness (QED) is 0.772. The van der Waals surface area contributed by atoms with Crippen molar-refractivity contribution in [2.75, 3.05) is 19.7 Å². The summed E-state index contributed by atoms with van der Waals surface area (Å²) in [6, 6.07) is 7.39. The first kappa shape index (κ1) is 16.9. The van der Waals surface area contributed by atoms with Crippen LogP contribution in [-0.2, 0) is 16.1 Å². The molecule has 1 fully saturated rings.